The van der Waals surface area contributed by atoms with Gasteiger partial charge in [-0.05, 0) is 26.0 Å². The van der Waals surface area contributed by atoms with E-state index in [-0.39, 0.29) is 11.9 Å². The van der Waals surface area contributed by atoms with Gasteiger partial charge in [-0.25, -0.2) is 4.39 Å². The van der Waals surface area contributed by atoms with Crippen LogP contribution in [0.4, 0.5) is 10.1 Å². The number of carboxylic acid groups (broad SMARTS) is 1. The Morgan fingerprint density at radius 2 is 1.94 bits per heavy atom. The summed E-state index contributed by atoms with van der Waals surface area (Å²) in [6.45, 7) is 5.76. The second-order valence-electron chi connectivity index (χ2n) is 4.44. The lowest BCUT2D eigenvalue weighted by atomic mass is 10.1. The fourth-order valence-electron chi connectivity index (χ4n) is 1.65. The number of hydrogen-bond acceptors (Lipinski definition) is 2. The average Bonchev–Trinajstić information content (AvgIpc) is 2.26. The first-order chi connectivity index (χ1) is 7.93. The second-order valence-corrected chi connectivity index (χ2v) is 4.44. The third-order valence-electron chi connectivity index (χ3n) is 2.68. The fraction of sp³-hybridized carbons (Fsp3) is 0.462. The van der Waals surface area contributed by atoms with E-state index in [0.29, 0.717) is 12.2 Å². The molecule has 0 aliphatic rings. The molecular formula is C13H18FNO2. The van der Waals surface area contributed by atoms with Gasteiger partial charge in [-0.15, -0.1) is 0 Å². The van der Waals surface area contributed by atoms with Gasteiger partial charge < -0.3 is 10.0 Å². The number of aliphatic carboxylic acids is 1. The maximum Gasteiger partial charge on any atom is 0.308 e. The maximum absolute atomic E-state index is 13.7. The zero-order valence-electron chi connectivity index (χ0n) is 10.4. The lowest BCUT2D eigenvalue weighted by Crippen LogP contribution is -2.37. The van der Waals surface area contributed by atoms with Crippen LogP contribution in [-0.4, -0.2) is 23.7 Å². The van der Waals surface area contributed by atoms with Crippen LogP contribution in [0, 0.1) is 11.7 Å². The summed E-state index contributed by atoms with van der Waals surface area (Å²) in [7, 11) is 0. The number of carbonyl (C=O) groups is 1. The number of para-hydroxylation sites is 1. The minimum atomic E-state index is -0.869. The fourth-order valence-corrected chi connectivity index (χ4v) is 1.65. The molecule has 0 fully saturated rings. The summed E-state index contributed by atoms with van der Waals surface area (Å²) in [4.78, 5) is 12.6. The van der Waals surface area contributed by atoms with Crippen molar-refractivity contribution < 1.29 is 14.3 Å². The molecule has 1 atom stereocenters. The molecule has 0 saturated carbocycles. The molecule has 0 bridgehead atoms. The Kier molecular flexibility index (Phi) is 4.49. The largest absolute Gasteiger partial charge is 0.481 e. The topological polar surface area (TPSA) is 40.5 Å². The van der Waals surface area contributed by atoms with Gasteiger partial charge in [0.2, 0.25) is 0 Å². The van der Waals surface area contributed by atoms with Crippen molar-refractivity contribution in [2.24, 2.45) is 5.92 Å². The Morgan fingerprint density at radius 3 is 2.41 bits per heavy atom. The first kappa shape index (κ1) is 13.5. The van der Waals surface area contributed by atoms with Crippen molar-refractivity contribution in [1.29, 1.82) is 0 Å². The van der Waals surface area contributed by atoms with Crippen molar-refractivity contribution in [2.75, 3.05) is 11.4 Å². The van der Waals surface area contributed by atoms with Crippen LogP contribution in [0.1, 0.15) is 20.8 Å². The lowest BCUT2D eigenvalue weighted by molar-refractivity contribution is -0.140. The molecule has 1 rings (SSSR count). The molecule has 0 aliphatic heterocycles. The highest BCUT2D eigenvalue weighted by molar-refractivity contribution is 5.70. The monoisotopic (exact) mass is 239 g/mol. The number of carboxylic acids is 1. The predicted octanol–water partition coefficient (Wildman–Crippen LogP) is 2.76. The van der Waals surface area contributed by atoms with Gasteiger partial charge in [-0.3, -0.25) is 4.79 Å². The normalized spacial score (nSPS) is 12.5. The van der Waals surface area contributed by atoms with E-state index < -0.39 is 11.9 Å². The SMILES string of the molecule is CC(CN(c1ccccc1F)C(C)C)C(=O)O. The van der Waals surface area contributed by atoms with Crippen molar-refractivity contribution in [3.63, 3.8) is 0 Å². The number of hydrogen-bond donors (Lipinski definition) is 1. The smallest absolute Gasteiger partial charge is 0.308 e. The third kappa shape index (κ3) is 3.44. The van der Waals surface area contributed by atoms with Crippen LogP contribution < -0.4 is 4.90 Å². The highest BCUT2D eigenvalue weighted by atomic mass is 19.1. The number of rotatable bonds is 5. The standard InChI is InChI=1S/C13H18FNO2/c1-9(2)15(8-10(3)13(16)17)12-7-5-4-6-11(12)14/h4-7,9-10H,8H2,1-3H3,(H,16,17). The number of benzene rings is 1. The highest BCUT2D eigenvalue weighted by Gasteiger charge is 2.20. The molecule has 0 saturated heterocycles. The van der Waals surface area contributed by atoms with Crippen molar-refractivity contribution >= 4 is 11.7 Å². The molecule has 0 radical (unpaired) electrons. The first-order valence-corrected chi connectivity index (χ1v) is 5.67. The van der Waals surface area contributed by atoms with Crippen molar-refractivity contribution in [3.8, 4) is 0 Å². The molecule has 0 heterocycles. The van der Waals surface area contributed by atoms with Crippen LogP contribution in [-0.2, 0) is 4.79 Å². The molecule has 0 aliphatic carbocycles. The third-order valence-corrected chi connectivity index (χ3v) is 2.68. The Bertz CT molecular complexity index is 393. The first-order valence-electron chi connectivity index (χ1n) is 5.67. The molecule has 1 N–H and O–H groups in total. The van der Waals surface area contributed by atoms with Crippen LogP contribution in [0.2, 0.25) is 0 Å². The predicted molar refractivity (Wildman–Crippen MR) is 65.7 cm³/mol. The van der Waals surface area contributed by atoms with Crippen molar-refractivity contribution in [2.45, 2.75) is 26.8 Å². The summed E-state index contributed by atoms with van der Waals surface area (Å²) in [6.07, 6.45) is 0. The highest BCUT2D eigenvalue weighted by Crippen LogP contribution is 2.22. The van der Waals surface area contributed by atoms with Crippen LogP contribution in [0.25, 0.3) is 0 Å². The molecule has 4 heteroatoms. The second kappa shape index (κ2) is 5.66. The van der Waals surface area contributed by atoms with Crippen molar-refractivity contribution in [3.05, 3.63) is 30.1 Å². The van der Waals surface area contributed by atoms with Crippen LogP contribution >= 0.6 is 0 Å². The summed E-state index contributed by atoms with van der Waals surface area (Å²) in [5.74, 6) is -1.72. The van der Waals surface area contributed by atoms with Gasteiger partial charge in [0.05, 0.1) is 11.6 Å². The molecule has 0 amide bonds. The average molecular weight is 239 g/mol. The summed E-state index contributed by atoms with van der Waals surface area (Å²) in [6, 6.07) is 6.48. The zero-order chi connectivity index (χ0) is 13.0. The van der Waals surface area contributed by atoms with E-state index in [1.807, 2.05) is 13.8 Å². The molecule has 17 heavy (non-hydrogen) atoms. The maximum atomic E-state index is 13.7. The minimum absolute atomic E-state index is 0.0497. The lowest BCUT2D eigenvalue weighted by Gasteiger charge is -2.30. The van der Waals surface area contributed by atoms with Crippen LogP contribution in [0.15, 0.2) is 24.3 Å². The Balaban J connectivity index is 2.94. The molecule has 1 unspecified atom stereocenters. The zero-order valence-corrected chi connectivity index (χ0v) is 10.4. The Labute approximate surface area is 101 Å². The van der Waals surface area contributed by atoms with E-state index in [0.717, 1.165) is 0 Å². The van der Waals surface area contributed by atoms with Crippen LogP contribution in [0.3, 0.4) is 0 Å². The Morgan fingerprint density at radius 1 is 1.35 bits per heavy atom. The van der Waals surface area contributed by atoms with E-state index >= 15 is 0 Å². The van der Waals surface area contributed by atoms with E-state index in [2.05, 4.69) is 0 Å². The van der Waals surface area contributed by atoms with Gasteiger partial charge in [0.1, 0.15) is 5.82 Å². The number of halogens is 1. The van der Waals surface area contributed by atoms with Gasteiger partial charge >= 0.3 is 5.97 Å². The summed E-state index contributed by atoms with van der Waals surface area (Å²) in [5, 5.41) is 8.91. The number of anilines is 1. The van der Waals surface area contributed by atoms with E-state index in [9.17, 15) is 9.18 Å². The van der Waals surface area contributed by atoms with Gasteiger partial charge in [-0.2, -0.15) is 0 Å². The molecule has 1 aromatic carbocycles. The molecule has 94 valence electrons. The molecular weight excluding hydrogens is 221 g/mol. The van der Waals surface area contributed by atoms with E-state index in [4.69, 9.17) is 5.11 Å². The minimum Gasteiger partial charge on any atom is -0.481 e. The van der Waals surface area contributed by atoms with Gasteiger partial charge in [-0.1, -0.05) is 19.1 Å². The summed E-state index contributed by atoms with van der Waals surface area (Å²) in [5.41, 5.74) is 0.454. The van der Waals surface area contributed by atoms with Gasteiger partial charge in [0.25, 0.3) is 0 Å². The molecule has 0 spiro atoms. The Hall–Kier alpha value is -1.58. The van der Waals surface area contributed by atoms with E-state index in [1.54, 1.807) is 30.0 Å². The van der Waals surface area contributed by atoms with Gasteiger partial charge in [0, 0.05) is 12.6 Å². The van der Waals surface area contributed by atoms with E-state index in [1.165, 1.54) is 6.07 Å². The summed E-state index contributed by atoms with van der Waals surface area (Å²) >= 11 is 0. The molecule has 3 nitrogen and oxygen atoms in total. The molecule has 0 aromatic heterocycles. The number of nitrogens with zero attached hydrogens (tertiary/aromatic N) is 1. The van der Waals surface area contributed by atoms with Gasteiger partial charge in [0.15, 0.2) is 0 Å². The van der Waals surface area contributed by atoms with Crippen molar-refractivity contribution in [1.82, 2.24) is 0 Å². The van der Waals surface area contributed by atoms with Crippen LogP contribution in [0.5, 0.6) is 0 Å². The quantitative estimate of drug-likeness (QED) is 0.859. The summed E-state index contributed by atoms with van der Waals surface area (Å²) < 4.78 is 13.7. The molecule has 1 aromatic rings.